The van der Waals surface area contributed by atoms with Crippen molar-refractivity contribution < 1.29 is 14.7 Å². The first-order valence-electron chi connectivity index (χ1n) is 6.59. The molecule has 6 heteroatoms. The Morgan fingerprint density at radius 2 is 1.90 bits per heavy atom. The summed E-state index contributed by atoms with van der Waals surface area (Å²) in [6.45, 7) is 7.29. The first kappa shape index (κ1) is 14.9. The van der Waals surface area contributed by atoms with Crippen LogP contribution in [0.5, 0.6) is 5.88 Å². The largest absolute Gasteiger partial charge is 0.494 e. The summed E-state index contributed by atoms with van der Waals surface area (Å²) in [7, 11) is 0. The standard InChI is InChI=1S/C15H19N3O3/c1-8-6-5-7-9-10(12(19)17-15(2,3)4)13(20)18(11(8)9)14(16)21/h5-7,20H,1-4H3,(H2,16,21)(H,17,19). The van der Waals surface area contributed by atoms with Crippen LogP contribution in [0.3, 0.4) is 0 Å². The first-order chi connectivity index (χ1) is 9.63. The molecule has 1 aromatic heterocycles. The molecule has 0 saturated heterocycles. The summed E-state index contributed by atoms with van der Waals surface area (Å²) >= 11 is 0. The normalized spacial score (nSPS) is 11.6. The minimum Gasteiger partial charge on any atom is -0.494 e. The molecule has 2 rings (SSSR count). The molecule has 1 heterocycles. The van der Waals surface area contributed by atoms with Crippen LogP contribution in [0.2, 0.25) is 0 Å². The Morgan fingerprint density at radius 3 is 2.43 bits per heavy atom. The first-order valence-corrected chi connectivity index (χ1v) is 6.59. The van der Waals surface area contributed by atoms with Crippen LogP contribution in [-0.2, 0) is 0 Å². The number of para-hydroxylation sites is 1. The molecule has 2 aromatic rings. The number of aromatic hydroxyl groups is 1. The van der Waals surface area contributed by atoms with Crippen molar-refractivity contribution in [3.05, 3.63) is 29.3 Å². The fourth-order valence-corrected chi connectivity index (χ4v) is 2.34. The molecule has 21 heavy (non-hydrogen) atoms. The van der Waals surface area contributed by atoms with Gasteiger partial charge in [-0.25, -0.2) is 9.36 Å². The van der Waals surface area contributed by atoms with Crippen molar-refractivity contribution in [3.63, 3.8) is 0 Å². The predicted molar refractivity (Wildman–Crippen MR) is 80.5 cm³/mol. The van der Waals surface area contributed by atoms with Gasteiger partial charge in [-0.3, -0.25) is 4.79 Å². The molecule has 0 spiro atoms. The average molecular weight is 289 g/mol. The number of rotatable bonds is 1. The SMILES string of the molecule is Cc1cccc2c(C(=O)NC(C)(C)C)c(O)n(C(N)=O)c12. The average Bonchev–Trinajstić information content (AvgIpc) is 2.60. The highest BCUT2D eigenvalue weighted by molar-refractivity contribution is 6.12. The number of fused-ring (bicyclic) bond motifs is 1. The van der Waals surface area contributed by atoms with E-state index in [4.69, 9.17) is 5.73 Å². The lowest BCUT2D eigenvalue weighted by molar-refractivity contribution is 0.0918. The zero-order chi connectivity index (χ0) is 15.9. The number of carbonyl (C=O) groups excluding carboxylic acids is 2. The van der Waals surface area contributed by atoms with Gasteiger partial charge in [-0.05, 0) is 33.3 Å². The van der Waals surface area contributed by atoms with Crippen LogP contribution in [0.15, 0.2) is 18.2 Å². The number of carbonyl (C=O) groups is 2. The van der Waals surface area contributed by atoms with E-state index in [9.17, 15) is 14.7 Å². The molecule has 0 unspecified atom stereocenters. The number of amides is 2. The number of hydrogen-bond acceptors (Lipinski definition) is 3. The highest BCUT2D eigenvalue weighted by Crippen LogP contribution is 2.33. The maximum atomic E-state index is 12.4. The van der Waals surface area contributed by atoms with E-state index in [1.807, 2.05) is 20.8 Å². The van der Waals surface area contributed by atoms with Crippen molar-refractivity contribution in [3.8, 4) is 5.88 Å². The molecule has 0 aliphatic rings. The van der Waals surface area contributed by atoms with Crippen LogP contribution < -0.4 is 11.1 Å². The number of nitrogens with one attached hydrogen (secondary N) is 1. The lowest BCUT2D eigenvalue weighted by atomic mass is 10.1. The number of nitrogens with zero attached hydrogens (tertiary/aromatic N) is 1. The van der Waals surface area contributed by atoms with Gasteiger partial charge in [0.1, 0.15) is 5.56 Å². The molecular weight excluding hydrogens is 270 g/mol. The molecule has 4 N–H and O–H groups in total. The van der Waals surface area contributed by atoms with Gasteiger partial charge in [-0.2, -0.15) is 0 Å². The van der Waals surface area contributed by atoms with E-state index >= 15 is 0 Å². The van der Waals surface area contributed by atoms with Gasteiger partial charge in [0, 0.05) is 10.9 Å². The van der Waals surface area contributed by atoms with Gasteiger partial charge in [0.2, 0.25) is 5.88 Å². The van der Waals surface area contributed by atoms with Gasteiger partial charge in [0.15, 0.2) is 0 Å². The molecule has 112 valence electrons. The summed E-state index contributed by atoms with van der Waals surface area (Å²) in [4.78, 5) is 24.0. The second-order valence-corrected chi connectivity index (χ2v) is 6.05. The Balaban J connectivity index is 2.76. The zero-order valence-corrected chi connectivity index (χ0v) is 12.5. The summed E-state index contributed by atoms with van der Waals surface area (Å²) in [6, 6.07) is 4.39. The zero-order valence-electron chi connectivity index (χ0n) is 12.5. The molecule has 0 radical (unpaired) electrons. The number of hydrogen-bond donors (Lipinski definition) is 3. The van der Waals surface area contributed by atoms with Gasteiger partial charge in [0.25, 0.3) is 5.91 Å². The maximum absolute atomic E-state index is 12.4. The maximum Gasteiger partial charge on any atom is 0.326 e. The number of aromatic nitrogens is 1. The molecule has 2 amide bonds. The Bertz CT molecular complexity index is 739. The highest BCUT2D eigenvalue weighted by atomic mass is 16.3. The van der Waals surface area contributed by atoms with Crippen LogP contribution in [0.1, 0.15) is 36.7 Å². The van der Waals surface area contributed by atoms with Crippen molar-refractivity contribution in [1.29, 1.82) is 0 Å². The second kappa shape index (κ2) is 4.80. The number of aryl methyl sites for hydroxylation is 1. The fraction of sp³-hybridized carbons (Fsp3) is 0.333. The summed E-state index contributed by atoms with van der Waals surface area (Å²) < 4.78 is 0.961. The minimum absolute atomic E-state index is 0.0578. The van der Waals surface area contributed by atoms with Crippen molar-refractivity contribution in [2.75, 3.05) is 0 Å². The molecule has 0 bridgehead atoms. The van der Waals surface area contributed by atoms with Crippen molar-refractivity contribution in [1.82, 2.24) is 9.88 Å². The number of benzene rings is 1. The topological polar surface area (TPSA) is 97.3 Å². The van der Waals surface area contributed by atoms with E-state index < -0.39 is 23.4 Å². The van der Waals surface area contributed by atoms with Crippen molar-refractivity contribution in [2.24, 2.45) is 5.73 Å². The van der Waals surface area contributed by atoms with Gasteiger partial charge in [0.05, 0.1) is 5.52 Å². The molecule has 0 fully saturated rings. The van der Waals surface area contributed by atoms with E-state index in [0.29, 0.717) is 10.9 Å². The highest BCUT2D eigenvalue weighted by Gasteiger charge is 2.27. The third kappa shape index (κ3) is 2.56. The lowest BCUT2D eigenvalue weighted by Gasteiger charge is -2.20. The van der Waals surface area contributed by atoms with Crippen molar-refractivity contribution >= 4 is 22.8 Å². The van der Waals surface area contributed by atoms with Crippen LogP contribution in [0.25, 0.3) is 10.9 Å². The third-order valence-electron chi connectivity index (χ3n) is 3.10. The summed E-state index contributed by atoms with van der Waals surface area (Å²) in [6.07, 6.45) is 0. The van der Waals surface area contributed by atoms with Gasteiger partial charge in [-0.15, -0.1) is 0 Å². The lowest BCUT2D eigenvalue weighted by Crippen LogP contribution is -2.40. The van der Waals surface area contributed by atoms with Crippen LogP contribution in [0, 0.1) is 6.92 Å². The van der Waals surface area contributed by atoms with Gasteiger partial charge < -0.3 is 16.2 Å². The van der Waals surface area contributed by atoms with Crippen molar-refractivity contribution in [2.45, 2.75) is 33.2 Å². The Labute approximate surface area is 122 Å². The Kier molecular flexibility index (Phi) is 3.41. The molecule has 0 aliphatic heterocycles. The van der Waals surface area contributed by atoms with Gasteiger partial charge in [-0.1, -0.05) is 18.2 Å². The third-order valence-corrected chi connectivity index (χ3v) is 3.10. The Hall–Kier alpha value is -2.50. The molecule has 1 aromatic carbocycles. The Morgan fingerprint density at radius 1 is 1.29 bits per heavy atom. The summed E-state index contributed by atoms with van der Waals surface area (Å²) in [5, 5.41) is 13.5. The van der Waals surface area contributed by atoms with E-state index in [-0.39, 0.29) is 5.56 Å². The van der Waals surface area contributed by atoms with E-state index in [1.54, 1.807) is 25.1 Å². The fourth-order valence-electron chi connectivity index (χ4n) is 2.34. The van der Waals surface area contributed by atoms with Gasteiger partial charge >= 0.3 is 6.03 Å². The molecule has 0 saturated carbocycles. The monoisotopic (exact) mass is 289 g/mol. The summed E-state index contributed by atoms with van der Waals surface area (Å²) in [5.74, 6) is -0.885. The molecular formula is C15H19N3O3. The van der Waals surface area contributed by atoms with E-state index in [1.165, 1.54) is 0 Å². The second-order valence-electron chi connectivity index (χ2n) is 6.05. The number of nitrogens with two attached hydrogens (primary N) is 1. The molecule has 0 atom stereocenters. The minimum atomic E-state index is -0.832. The van der Waals surface area contributed by atoms with E-state index in [0.717, 1.165) is 10.1 Å². The predicted octanol–water partition coefficient (Wildman–Crippen LogP) is 2.11. The molecule has 0 aliphatic carbocycles. The van der Waals surface area contributed by atoms with Crippen LogP contribution >= 0.6 is 0 Å². The van der Waals surface area contributed by atoms with Crippen LogP contribution in [-0.4, -0.2) is 27.2 Å². The number of primary amides is 1. The summed E-state index contributed by atoms with van der Waals surface area (Å²) in [5.41, 5.74) is 6.11. The quantitative estimate of drug-likeness (QED) is 0.750. The molecule has 6 nitrogen and oxygen atoms in total. The van der Waals surface area contributed by atoms with E-state index in [2.05, 4.69) is 5.32 Å². The van der Waals surface area contributed by atoms with Crippen LogP contribution in [0.4, 0.5) is 4.79 Å². The smallest absolute Gasteiger partial charge is 0.326 e.